The van der Waals surface area contributed by atoms with Gasteiger partial charge in [0.1, 0.15) is 0 Å². The Labute approximate surface area is 118 Å². The van der Waals surface area contributed by atoms with Gasteiger partial charge >= 0.3 is 5.97 Å². The maximum atomic E-state index is 11.7. The van der Waals surface area contributed by atoms with Crippen LogP contribution in [-0.4, -0.2) is 49.6 Å². The number of thioether (sulfide) groups is 1. The molecule has 0 aromatic heterocycles. The van der Waals surface area contributed by atoms with E-state index in [0.717, 1.165) is 31.6 Å². The lowest BCUT2D eigenvalue weighted by Gasteiger charge is -2.22. The molecule has 1 aliphatic rings. The van der Waals surface area contributed by atoms with E-state index >= 15 is 0 Å². The van der Waals surface area contributed by atoms with Crippen molar-refractivity contribution >= 4 is 36.0 Å². The smallest absolute Gasteiger partial charge is 0.315 e. The van der Waals surface area contributed by atoms with E-state index in [1.54, 1.807) is 0 Å². The van der Waals surface area contributed by atoms with E-state index in [0.29, 0.717) is 12.3 Å². The second-order valence-corrected chi connectivity index (χ2v) is 5.03. The molecule has 106 valence electrons. The Balaban J connectivity index is 0.00000289. The quantitative estimate of drug-likeness (QED) is 0.554. The molecule has 0 radical (unpaired) electrons. The van der Waals surface area contributed by atoms with Gasteiger partial charge in [-0.1, -0.05) is 6.42 Å². The van der Waals surface area contributed by atoms with Gasteiger partial charge in [-0.05, 0) is 19.4 Å². The summed E-state index contributed by atoms with van der Waals surface area (Å²) in [6.07, 6.45) is 3.18. The van der Waals surface area contributed by atoms with Gasteiger partial charge in [0, 0.05) is 12.3 Å². The molecule has 2 N–H and O–H groups in total. The largest absolute Gasteiger partial charge is 0.468 e. The van der Waals surface area contributed by atoms with Crippen LogP contribution >= 0.6 is 24.2 Å². The second-order valence-electron chi connectivity index (χ2n) is 3.92. The van der Waals surface area contributed by atoms with Crippen LogP contribution in [0.5, 0.6) is 0 Å². The fourth-order valence-electron chi connectivity index (χ4n) is 1.66. The first kappa shape index (κ1) is 17.5. The van der Waals surface area contributed by atoms with Crippen LogP contribution in [0.1, 0.15) is 19.3 Å². The van der Waals surface area contributed by atoms with Gasteiger partial charge in [-0.15, -0.1) is 24.2 Å². The van der Waals surface area contributed by atoms with E-state index in [1.165, 1.54) is 18.9 Å². The first-order valence-electron chi connectivity index (χ1n) is 5.89. The molecule has 1 amide bonds. The van der Waals surface area contributed by atoms with Crippen LogP contribution in [0.25, 0.3) is 0 Å². The summed E-state index contributed by atoms with van der Waals surface area (Å²) in [5.41, 5.74) is 0. The number of rotatable bonds is 6. The first-order valence-corrected chi connectivity index (χ1v) is 7.05. The maximum Gasteiger partial charge on any atom is 0.315 e. The number of hydrogen-bond donors (Lipinski definition) is 2. The van der Waals surface area contributed by atoms with E-state index in [-0.39, 0.29) is 30.3 Å². The summed E-state index contributed by atoms with van der Waals surface area (Å²) in [6.45, 7) is 1.52. The zero-order chi connectivity index (χ0) is 12.5. The average molecular weight is 297 g/mol. The number of hydrogen-bond acceptors (Lipinski definition) is 5. The third kappa shape index (κ3) is 7.08. The summed E-state index contributed by atoms with van der Waals surface area (Å²) < 4.78 is 4.52. The van der Waals surface area contributed by atoms with Gasteiger partial charge in [-0.2, -0.15) is 0 Å². The van der Waals surface area contributed by atoms with Gasteiger partial charge in [0.05, 0.1) is 18.9 Å². The Morgan fingerprint density at radius 2 is 2.22 bits per heavy atom. The highest BCUT2D eigenvalue weighted by Crippen LogP contribution is 2.06. The summed E-state index contributed by atoms with van der Waals surface area (Å²) in [6, 6.07) is -0.0330. The molecule has 1 fully saturated rings. The minimum atomic E-state index is -0.227. The standard InChI is InChI=1S/C11H20N2O3S.ClH/c1-16-10(14)8-17-7-6-13-11(15)9-4-2-3-5-12-9;/h9,12H,2-8H2,1H3,(H,13,15);1H. The molecular formula is C11H21ClN2O3S. The highest BCUT2D eigenvalue weighted by atomic mass is 35.5. The van der Waals surface area contributed by atoms with Gasteiger partial charge in [-0.25, -0.2) is 0 Å². The van der Waals surface area contributed by atoms with Crippen LogP contribution in [0.15, 0.2) is 0 Å². The van der Waals surface area contributed by atoms with Gasteiger partial charge in [0.15, 0.2) is 0 Å². The van der Waals surface area contributed by atoms with Crippen LogP contribution in [0.3, 0.4) is 0 Å². The molecule has 0 aromatic carbocycles. The summed E-state index contributed by atoms with van der Waals surface area (Å²) in [5, 5.41) is 6.06. The molecule has 1 saturated heterocycles. The van der Waals surface area contributed by atoms with Crippen molar-refractivity contribution in [3.8, 4) is 0 Å². The highest BCUT2D eigenvalue weighted by Gasteiger charge is 2.19. The van der Waals surface area contributed by atoms with E-state index in [1.807, 2.05) is 0 Å². The minimum Gasteiger partial charge on any atom is -0.468 e. The normalized spacial score (nSPS) is 18.6. The predicted molar refractivity (Wildman–Crippen MR) is 75.2 cm³/mol. The molecule has 1 heterocycles. The Morgan fingerprint density at radius 3 is 2.83 bits per heavy atom. The van der Waals surface area contributed by atoms with Crippen molar-refractivity contribution in [2.75, 3.05) is 31.7 Å². The zero-order valence-electron chi connectivity index (χ0n) is 10.6. The lowest BCUT2D eigenvalue weighted by atomic mass is 10.0. The number of amides is 1. The number of methoxy groups -OCH3 is 1. The molecule has 1 unspecified atom stereocenters. The summed E-state index contributed by atoms with van der Waals surface area (Å²) >= 11 is 1.46. The summed E-state index contributed by atoms with van der Waals surface area (Å²) in [4.78, 5) is 22.5. The molecule has 0 bridgehead atoms. The molecule has 1 rings (SSSR count). The van der Waals surface area contributed by atoms with Crippen molar-refractivity contribution in [3.63, 3.8) is 0 Å². The highest BCUT2D eigenvalue weighted by molar-refractivity contribution is 7.99. The lowest BCUT2D eigenvalue weighted by molar-refractivity contribution is -0.137. The van der Waals surface area contributed by atoms with Crippen molar-refractivity contribution in [2.24, 2.45) is 0 Å². The number of piperidine rings is 1. The maximum absolute atomic E-state index is 11.7. The van der Waals surface area contributed by atoms with Crippen molar-refractivity contribution in [1.29, 1.82) is 0 Å². The molecule has 18 heavy (non-hydrogen) atoms. The molecular weight excluding hydrogens is 276 g/mol. The monoisotopic (exact) mass is 296 g/mol. The number of carbonyl (C=O) groups excluding carboxylic acids is 2. The molecule has 1 atom stereocenters. The van der Waals surface area contributed by atoms with Crippen LogP contribution in [0.4, 0.5) is 0 Å². The van der Waals surface area contributed by atoms with Gasteiger partial charge < -0.3 is 15.4 Å². The van der Waals surface area contributed by atoms with Crippen LogP contribution in [-0.2, 0) is 14.3 Å². The van der Waals surface area contributed by atoms with E-state index < -0.39 is 0 Å². The number of ether oxygens (including phenoxy) is 1. The van der Waals surface area contributed by atoms with Crippen LogP contribution < -0.4 is 10.6 Å². The topological polar surface area (TPSA) is 67.4 Å². The molecule has 0 spiro atoms. The Bertz CT molecular complexity index is 261. The van der Waals surface area contributed by atoms with E-state index in [2.05, 4.69) is 15.4 Å². The number of esters is 1. The van der Waals surface area contributed by atoms with E-state index in [4.69, 9.17) is 0 Å². The SMILES string of the molecule is COC(=O)CSCCNC(=O)C1CCCCN1.Cl. The summed E-state index contributed by atoms with van der Waals surface area (Å²) in [7, 11) is 1.37. The third-order valence-corrected chi connectivity index (χ3v) is 3.55. The Kier molecular flexibility index (Phi) is 10.2. The molecule has 0 aliphatic carbocycles. The summed E-state index contributed by atoms with van der Waals surface area (Å²) in [5.74, 6) is 0.917. The Morgan fingerprint density at radius 1 is 1.44 bits per heavy atom. The van der Waals surface area contributed by atoms with Crippen molar-refractivity contribution in [1.82, 2.24) is 10.6 Å². The number of halogens is 1. The van der Waals surface area contributed by atoms with Crippen molar-refractivity contribution < 1.29 is 14.3 Å². The first-order chi connectivity index (χ1) is 8.24. The molecule has 7 heteroatoms. The molecule has 5 nitrogen and oxygen atoms in total. The molecule has 0 aromatic rings. The number of nitrogens with one attached hydrogen (secondary N) is 2. The van der Waals surface area contributed by atoms with Gasteiger partial charge in [0.2, 0.25) is 5.91 Å². The molecule has 0 saturated carbocycles. The van der Waals surface area contributed by atoms with Gasteiger partial charge in [-0.3, -0.25) is 9.59 Å². The fraction of sp³-hybridized carbons (Fsp3) is 0.818. The number of carbonyl (C=O) groups is 2. The fourth-order valence-corrected chi connectivity index (χ4v) is 2.33. The third-order valence-electron chi connectivity index (χ3n) is 2.62. The zero-order valence-corrected chi connectivity index (χ0v) is 12.2. The molecule has 1 aliphatic heterocycles. The van der Waals surface area contributed by atoms with Crippen molar-refractivity contribution in [2.45, 2.75) is 25.3 Å². The second kappa shape index (κ2) is 10.5. The predicted octanol–water partition coefficient (Wildman–Crippen LogP) is 0.573. The van der Waals surface area contributed by atoms with Crippen LogP contribution in [0, 0.1) is 0 Å². The van der Waals surface area contributed by atoms with E-state index in [9.17, 15) is 9.59 Å². The Hall–Kier alpha value is -0.460. The average Bonchev–Trinajstić information content (AvgIpc) is 2.38. The van der Waals surface area contributed by atoms with Crippen molar-refractivity contribution in [3.05, 3.63) is 0 Å². The van der Waals surface area contributed by atoms with Gasteiger partial charge in [0.25, 0.3) is 0 Å². The lowest BCUT2D eigenvalue weighted by Crippen LogP contribution is -2.47. The minimum absolute atomic E-state index is 0. The van der Waals surface area contributed by atoms with Crippen LogP contribution in [0.2, 0.25) is 0 Å².